The summed E-state index contributed by atoms with van der Waals surface area (Å²) in [5.74, 6) is 2.14. The standard InChI is InChI=1S/C19H24N2O3S/c1-13-5-4-8-21(11-13)18(22)10-15-12-25-19(20-15)14-6-7-16(23-2)17(9-14)24-3/h6-7,9,12-13H,4-5,8,10-11H2,1-3H3/t13-/m1/s1. The van der Waals surface area contributed by atoms with Crippen LogP contribution in [0.4, 0.5) is 0 Å². The summed E-state index contributed by atoms with van der Waals surface area (Å²) in [5, 5.41) is 2.85. The van der Waals surface area contributed by atoms with Gasteiger partial charge in [0.1, 0.15) is 5.01 Å². The summed E-state index contributed by atoms with van der Waals surface area (Å²) in [6, 6.07) is 5.74. The van der Waals surface area contributed by atoms with Gasteiger partial charge in [-0.1, -0.05) is 6.92 Å². The van der Waals surface area contributed by atoms with Crippen molar-refractivity contribution >= 4 is 17.2 Å². The molecule has 2 aromatic rings. The van der Waals surface area contributed by atoms with Crippen LogP contribution in [0.2, 0.25) is 0 Å². The van der Waals surface area contributed by atoms with Crippen molar-refractivity contribution in [2.45, 2.75) is 26.2 Å². The van der Waals surface area contributed by atoms with Crippen LogP contribution in [0.25, 0.3) is 10.6 Å². The first kappa shape index (κ1) is 17.7. The Morgan fingerprint density at radius 1 is 1.32 bits per heavy atom. The van der Waals surface area contributed by atoms with Crippen LogP contribution in [0, 0.1) is 5.92 Å². The molecule has 1 aromatic carbocycles. The number of hydrogen-bond donors (Lipinski definition) is 0. The Labute approximate surface area is 152 Å². The lowest BCUT2D eigenvalue weighted by atomic mass is 10.00. The first-order valence-corrected chi connectivity index (χ1v) is 9.43. The van der Waals surface area contributed by atoms with Crippen LogP contribution in [-0.4, -0.2) is 43.1 Å². The van der Waals surface area contributed by atoms with Crippen molar-refractivity contribution in [3.05, 3.63) is 29.3 Å². The summed E-state index contributed by atoms with van der Waals surface area (Å²) in [6.07, 6.45) is 2.68. The van der Waals surface area contributed by atoms with Crippen molar-refractivity contribution in [2.75, 3.05) is 27.3 Å². The Bertz CT molecular complexity index is 744. The molecule has 0 radical (unpaired) electrons. The third-order valence-electron chi connectivity index (χ3n) is 4.52. The maximum atomic E-state index is 12.5. The molecule has 0 spiro atoms. The molecular formula is C19H24N2O3S. The molecule has 6 heteroatoms. The lowest BCUT2D eigenvalue weighted by Gasteiger charge is -2.30. The van der Waals surface area contributed by atoms with Gasteiger partial charge in [0.05, 0.1) is 26.3 Å². The van der Waals surface area contributed by atoms with Gasteiger partial charge in [0.2, 0.25) is 5.91 Å². The minimum atomic E-state index is 0.177. The van der Waals surface area contributed by atoms with Gasteiger partial charge >= 0.3 is 0 Å². The van der Waals surface area contributed by atoms with Gasteiger partial charge in [-0.25, -0.2) is 4.98 Å². The zero-order valence-electron chi connectivity index (χ0n) is 14.9. The van der Waals surface area contributed by atoms with Crippen LogP contribution in [0.1, 0.15) is 25.5 Å². The number of piperidine rings is 1. The highest BCUT2D eigenvalue weighted by atomic mass is 32.1. The van der Waals surface area contributed by atoms with Crippen molar-refractivity contribution in [2.24, 2.45) is 5.92 Å². The predicted molar refractivity (Wildman–Crippen MR) is 99.3 cm³/mol. The fraction of sp³-hybridized carbons (Fsp3) is 0.474. The number of methoxy groups -OCH3 is 2. The van der Waals surface area contributed by atoms with Crippen molar-refractivity contribution in [3.8, 4) is 22.1 Å². The topological polar surface area (TPSA) is 51.7 Å². The summed E-state index contributed by atoms with van der Waals surface area (Å²) < 4.78 is 10.6. The highest BCUT2D eigenvalue weighted by Gasteiger charge is 2.21. The van der Waals surface area contributed by atoms with Crippen molar-refractivity contribution in [1.29, 1.82) is 0 Å². The molecule has 1 saturated heterocycles. The minimum Gasteiger partial charge on any atom is -0.493 e. The number of benzene rings is 1. The van der Waals surface area contributed by atoms with Crippen LogP contribution in [-0.2, 0) is 11.2 Å². The van der Waals surface area contributed by atoms with E-state index < -0.39 is 0 Å². The van der Waals surface area contributed by atoms with E-state index in [0.717, 1.165) is 35.8 Å². The van der Waals surface area contributed by atoms with Gasteiger partial charge in [0.15, 0.2) is 11.5 Å². The number of thiazole rings is 1. The number of rotatable bonds is 5. The summed E-state index contributed by atoms with van der Waals surface area (Å²) in [7, 11) is 3.24. The van der Waals surface area contributed by atoms with Gasteiger partial charge < -0.3 is 14.4 Å². The summed E-state index contributed by atoms with van der Waals surface area (Å²) in [6.45, 7) is 3.94. The summed E-state index contributed by atoms with van der Waals surface area (Å²) >= 11 is 1.55. The van der Waals surface area contributed by atoms with Gasteiger partial charge in [0, 0.05) is 24.0 Å². The monoisotopic (exact) mass is 360 g/mol. The first-order chi connectivity index (χ1) is 12.1. The van der Waals surface area contributed by atoms with Crippen LogP contribution in [0.5, 0.6) is 11.5 Å². The van der Waals surface area contributed by atoms with E-state index >= 15 is 0 Å². The zero-order chi connectivity index (χ0) is 17.8. The number of hydrogen-bond acceptors (Lipinski definition) is 5. The molecule has 1 atom stereocenters. The highest BCUT2D eigenvalue weighted by Crippen LogP contribution is 2.33. The molecule has 0 unspecified atom stereocenters. The van der Waals surface area contributed by atoms with Crippen LogP contribution >= 0.6 is 11.3 Å². The lowest BCUT2D eigenvalue weighted by molar-refractivity contribution is -0.132. The predicted octanol–water partition coefficient (Wildman–Crippen LogP) is 3.63. The van der Waals surface area contributed by atoms with Crippen molar-refractivity contribution < 1.29 is 14.3 Å². The lowest BCUT2D eigenvalue weighted by Crippen LogP contribution is -2.39. The fourth-order valence-corrected chi connectivity index (χ4v) is 3.99. The number of carbonyl (C=O) groups excluding carboxylic acids is 1. The molecular weight excluding hydrogens is 336 g/mol. The van der Waals surface area contributed by atoms with Crippen LogP contribution < -0.4 is 9.47 Å². The van der Waals surface area contributed by atoms with E-state index in [4.69, 9.17) is 9.47 Å². The van der Waals surface area contributed by atoms with E-state index in [0.29, 0.717) is 23.8 Å². The van der Waals surface area contributed by atoms with E-state index in [1.54, 1.807) is 25.6 Å². The first-order valence-electron chi connectivity index (χ1n) is 8.55. The second-order valence-corrected chi connectivity index (χ2v) is 7.34. The molecule has 0 saturated carbocycles. The number of amides is 1. The Morgan fingerprint density at radius 3 is 2.84 bits per heavy atom. The Kier molecular flexibility index (Phi) is 5.58. The zero-order valence-corrected chi connectivity index (χ0v) is 15.8. The molecule has 5 nitrogen and oxygen atoms in total. The van der Waals surface area contributed by atoms with Crippen LogP contribution in [0.3, 0.4) is 0 Å². The summed E-state index contributed by atoms with van der Waals surface area (Å²) in [5.41, 5.74) is 1.80. The van der Waals surface area contributed by atoms with E-state index in [1.807, 2.05) is 28.5 Å². The van der Waals surface area contributed by atoms with Gasteiger partial charge in [-0.15, -0.1) is 11.3 Å². The van der Waals surface area contributed by atoms with Crippen molar-refractivity contribution in [3.63, 3.8) is 0 Å². The van der Waals surface area contributed by atoms with E-state index in [2.05, 4.69) is 11.9 Å². The highest BCUT2D eigenvalue weighted by molar-refractivity contribution is 7.13. The van der Waals surface area contributed by atoms with Gasteiger partial charge in [0.25, 0.3) is 0 Å². The smallest absolute Gasteiger partial charge is 0.228 e. The summed E-state index contributed by atoms with van der Waals surface area (Å²) in [4.78, 5) is 19.1. The Hall–Kier alpha value is -2.08. The fourth-order valence-electron chi connectivity index (χ4n) is 3.17. The number of carbonyl (C=O) groups is 1. The molecule has 1 aliphatic heterocycles. The molecule has 2 heterocycles. The third kappa shape index (κ3) is 4.12. The largest absolute Gasteiger partial charge is 0.493 e. The molecule has 1 fully saturated rings. The molecule has 25 heavy (non-hydrogen) atoms. The molecule has 1 aromatic heterocycles. The average Bonchev–Trinajstić information content (AvgIpc) is 3.09. The van der Waals surface area contributed by atoms with E-state index in [1.165, 1.54) is 6.42 Å². The van der Waals surface area contributed by atoms with Crippen molar-refractivity contribution in [1.82, 2.24) is 9.88 Å². The SMILES string of the molecule is COc1ccc(-c2nc(CC(=O)N3CCC[C@@H](C)C3)cs2)cc1OC. The number of aromatic nitrogens is 1. The second-order valence-electron chi connectivity index (χ2n) is 6.48. The Balaban J connectivity index is 1.71. The maximum absolute atomic E-state index is 12.5. The number of likely N-dealkylation sites (tertiary alicyclic amines) is 1. The maximum Gasteiger partial charge on any atom is 0.228 e. The van der Waals surface area contributed by atoms with Gasteiger partial charge in [-0.2, -0.15) is 0 Å². The van der Waals surface area contributed by atoms with Gasteiger partial charge in [-0.05, 0) is 37.0 Å². The average molecular weight is 360 g/mol. The normalized spacial score (nSPS) is 17.4. The molecule has 0 N–H and O–H groups in total. The third-order valence-corrected chi connectivity index (χ3v) is 5.46. The molecule has 0 aliphatic carbocycles. The number of ether oxygens (including phenoxy) is 2. The second kappa shape index (κ2) is 7.87. The molecule has 134 valence electrons. The quantitative estimate of drug-likeness (QED) is 0.817. The molecule has 3 rings (SSSR count). The minimum absolute atomic E-state index is 0.177. The van der Waals surface area contributed by atoms with E-state index in [9.17, 15) is 4.79 Å². The molecule has 1 aliphatic rings. The van der Waals surface area contributed by atoms with E-state index in [-0.39, 0.29) is 5.91 Å². The van der Waals surface area contributed by atoms with Gasteiger partial charge in [-0.3, -0.25) is 4.79 Å². The Morgan fingerprint density at radius 2 is 2.12 bits per heavy atom. The number of nitrogens with zero attached hydrogens (tertiary/aromatic N) is 2. The molecule has 0 bridgehead atoms. The molecule has 1 amide bonds. The van der Waals surface area contributed by atoms with Crippen LogP contribution in [0.15, 0.2) is 23.6 Å².